The molecule has 1 unspecified atom stereocenters. The Balaban J connectivity index is 1.92. The molecule has 106 valence electrons. The molecular weight excluding hydrogens is 277 g/mol. The van der Waals surface area contributed by atoms with Gasteiger partial charge in [-0.2, -0.15) is 0 Å². The Morgan fingerprint density at radius 1 is 1.25 bits per heavy atom. The number of aromatic hydroxyl groups is 1. The van der Waals surface area contributed by atoms with Gasteiger partial charge in [0.25, 0.3) is 0 Å². The van der Waals surface area contributed by atoms with Crippen LogP contribution < -0.4 is 5.32 Å². The molecule has 0 saturated heterocycles. The van der Waals surface area contributed by atoms with Crippen LogP contribution in [0.4, 0.5) is 4.39 Å². The number of benzene rings is 2. The highest BCUT2D eigenvalue weighted by Crippen LogP contribution is 2.20. The zero-order valence-corrected chi connectivity index (χ0v) is 12.0. The Kier molecular flexibility index (Phi) is 4.99. The Hall–Kier alpha value is -1.58. The van der Waals surface area contributed by atoms with E-state index in [0.29, 0.717) is 12.1 Å². The van der Waals surface area contributed by atoms with E-state index >= 15 is 0 Å². The monoisotopic (exact) mass is 293 g/mol. The highest BCUT2D eigenvalue weighted by molar-refractivity contribution is 6.30. The Morgan fingerprint density at radius 3 is 2.75 bits per heavy atom. The normalized spacial score (nSPS) is 12.3. The van der Waals surface area contributed by atoms with Crippen LogP contribution in [0.25, 0.3) is 0 Å². The van der Waals surface area contributed by atoms with Crippen molar-refractivity contribution < 1.29 is 9.50 Å². The van der Waals surface area contributed by atoms with Gasteiger partial charge in [0.2, 0.25) is 0 Å². The molecule has 0 fully saturated rings. The van der Waals surface area contributed by atoms with Crippen LogP contribution in [-0.2, 0) is 13.0 Å². The van der Waals surface area contributed by atoms with Crippen LogP contribution in [-0.4, -0.2) is 11.1 Å². The van der Waals surface area contributed by atoms with E-state index in [9.17, 15) is 9.50 Å². The van der Waals surface area contributed by atoms with E-state index in [1.54, 1.807) is 12.1 Å². The standard InChI is InChI=1S/C16H17ClFNO/c1-11(8-12-4-2-6-14(17)9-12)19-10-13-5-3-7-15(18)16(13)20/h2-7,9,11,19-20H,8,10H2,1H3. The number of rotatable bonds is 5. The summed E-state index contributed by atoms with van der Waals surface area (Å²) in [6.07, 6.45) is 0.816. The molecule has 0 amide bonds. The van der Waals surface area contributed by atoms with Crippen molar-refractivity contribution in [2.45, 2.75) is 25.9 Å². The third kappa shape index (κ3) is 3.95. The fourth-order valence-corrected chi connectivity index (χ4v) is 2.29. The van der Waals surface area contributed by atoms with Gasteiger partial charge in [-0.15, -0.1) is 0 Å². The predicted octanol–water partition coefficient (Wildman–Crippen LogP) is 3.91. The minimum Gasteiger partial charge on any atom is -0.505 e. The largest absolute Gasteiger partial charge is 0.505 e. The topological polar surface area (TPSA) is 32.3 Å². The van der Waals surface area contributed by atoms with Crippen LogP contribution in [0, 0.1) is 5.82 Å². The summed E-state index contributed by atoms with van der Waals surface area (Å²) in [5.41, 5.74) is 1.70. The maximum absolute atomic E-state index is 13.2. The van der Waals surface area contributed by atoms with E-state index in [0.717, 1.165) is 17.0 Å². The molecule has 0 heterocycles. The van der Waals surface area contributed by atoms with Gasteiger partial charge in [-0.3, -0.25) is 0 Å². The summed E-state index contributed by atoms with van der Waals surface area (Å²) in [5.74, 6) is -0.873. The van der Waals surface area contributed by atoms with Gasteiger partial charge < -0.3 is 10.4 Å². The van der Waals surface area contributed by atoms with Crippen LogP contribution in [0.2, 0.25) is 5.02 Å². The maximum atomic E-state index is 13.2. The summed E-state index contributed by atoms with van der Waals surface area (Å²) in [5, 5.41) is 13.6. The van der Waals surface area contributed by atoms with Crippen LogP contribution in [0.5, 0.6) is 5.75 Å². The second kappa shape index (κ2) is 6.73. The van der Waals surface area contributed by atoms with Crippen LogP contribution in [0.1, 0.15) is 18.1 Å². The lowest BCUT2D eigenvalue weighted by atomic mass is 10.1. The van der Waals surface area contributed by atoms with Crippen LogP contribution in [0.15, 0.2) is 42.5 Å². The van der Waals surface area contributed by atoms with Gasteiger partial charge in [0, 0.05) is 23.2 Å². The van der Waals surface area contributed by atoms with Gasteiger partial charge in [0.05, 0.1) is 0 Å². The lowest BCUT2D eigenvalue weighted by molar-refractivity contribution is 0.420. The SMILES string of the molecule is CC(Cc1cccc(Cl)c1)NCc1cccc(F)c1O. The molecule has 0 radical (unpaired) electrons. The van der Waals surface area contributed by atoms with Crippen molar-refractivity contribution in [3.05, 3.63) is 64.4 Å². The highest BCUT2D eigenvalue weighted by Gasteiger charge is 2.08. The molecule has 2 N–H and O–H groups in total. The molecule has 4 heteroatoms. The number of phenols is 1. The summed E-state index contributed by atoms with van der Waals surface area (Å²) in [6, 6.07) is 12.4. The van der Waals surface area contributed by atoms with Crippen molar-refractivity contribution >= 4 is 11.6 Å². The molecule has 2 nitrogen and oxygen atoms in total. The number of hydrogen-bond donors (Lipinski definition) is 2. The Morgan fingerprint density at radius 2 is 2.00 bits per heavy atom. The summed E-state index contributed by atoms with van der Waals surface area (Å²) in [4.78, 5) is 0. The first kappa shape index (κ1) is 14.8. The molecule has 0 saturated carbocycles. The molecule has 0 bridgehead atoms. The van der Waals surface area contributed by atoms with Gasteiger partial charge in [-0.05, 0) is 37.1 Å². The molecule has 0 aliphatic rings. The van der Waals surface area contributed by atoms with Gasteiger partial charge >= 0.3 is 0 Å². The zero-order chi connectivity index (χ0) is 14.5. The fraction of sp³-hybridized carbons (Fsp3) is 0.250. The minimum absolute atomic E-state index is 0.191. The Labute approximate surface area is 123 Å². The van der Waals surface area contributed by atoms with Gasteiger partial charge in [0.1, 0.15) is 0 Å². The van der Waals surface area contributed by atoms with Gasteiger partial charge in [0.15, 0.2) is 11.6 Å². The lowest BCUT2D eigenvalue weighted by Crippen LogP contribution is -2.27. The number of hydrogen-bond acceptors (Lipinski definition) is 2. The first-order chi connectivity index (χ1) is 9.56. The molecule has 2 rings (SSSR count). The summed E-state index contributed by atoms with van der Waals surface area (Å²) in [7, 11) is 0. The van der Waals surface area contributed by atoms with Crippen molar-refractivity contribution in [3.63, 3.8) is 0 Å². The summed E-state index contributed by atoms with van der Waals surface area (Å²) >= 11 is 5.94. The third-order valence-electron chi connectivity index (χ3n) is 3.14. The number of nitrogens with one attached hydrogen (secondary N) is 1. The summed E-state index contributed by atoms with van der Waals surface area (Å²) in [6.45, 7) is 2.46. The molecule has 0 aliphatic heterocycles. The minimum atomic E-state index is -0.591. The maximum Gasteiger partial charge on any atom is 0.165 e. The Bertz CT molecular complexity index is 588. The van der Waals surface area contributed by atoms with E-state index in [-0.39, 0.29) is 11.8 Å². The molecule has 1 atom stereocenters. The van der Waals surface area contributed by atoms with E-state index in [2.05, 4.69) is 5.32 Å². The van der Waals surface area contributed by atoms with E-state index < -0.39 is 5.82 Å². The zero-order valence-electron chi connectivity index (χ0n) is 11.2. The van der Waals surface area contributed by atoms with E-state index in [1.165, 1.54) is 6.07 Å². The average molecular weight is 294 g/mol. The molecule has 0 aliphatic carbocycles. The second-order valence-corrected chi connectivity index (χ2v) is 5.30. The molecule has 2 aromatic carbocycles. The molecular formula is C16H17ClFNO. The molecule has 20 heavy (non-hydrogen) atoms. The van der Waals surface area contributed by atoms with Crippen LogP contribution in [0.3, 0.4) is 0 Å². The molecule has 2 aromatic rings. The third-order valence-corrected chi connectivity index (χ3v) is 3.38. The number of para-hydroxylation sites is 1. The van der Waals surface area contributed by atoms with Gasteiger partial charge in [-0.1, -0.05) is 35.9 Å². The molecule has 0 spiro atoms. The predicted molar refractivity (Wildman–Crippen MR) is 79.5 cm³/mol. The second-order valence-electron chi connectivity index (χ2n) is 4.86. The summed E-state index contributed by atoms with van der Waals surface area (Å²) < 4.78 is 13.2. The number of halogens is 2. The molecule has 0 aromatic heterocycles. The van der Waals surface area contributed by atoms with Crippen molar-refractivity contribution in [3.8, 4) is 5.75 Å². The van der Waals surface area contributed by atoms with Crippen LogP contribution >= 0.6 is 11.6 Å². The van der Waals surface area contributed by atoms with E-state index in [1.807, 2.05) is 31.2 Å². The lowest BCUT2D eigenvalue weighted by Gasteiger charge is -2.15. The van der Waals surface area contributed by atoms with Gasteiger partial charge in [-0.25, -0.2) is 4.39 Å². The number of phenolic OH excluding ortho intramolecular Hbond substituents is 1. The first-order valence-corrected chi connectivity index (χ1v) is 6.88. The van der Waals surface area contributed by atoms with Crippen molar-refractivity contribution in [2.24, 2.45) is 0 Å². The fourth-order valence-electron chi connectivity index (χ4n) is 2.08. The van der Waals surface area contributed by atoms with Crippen molar-refractivity contribution in [1.29, 1.82) is 0 Å². The smallest absolute Gasteiger partial charge is 0.165 e. The average Bonchev–Trinajstić information content (AvgIpc) is 2.40. The van der Waals surface area contributed by atoms with E-state index in [4.69, 9.17) is 11.6 Å². The highest BCUT2D eigenvalue weighted by atomic mass is 35.5. The van der Waals surface area contributed by atoms with Crippen molar-refractivity contribution in [2.75, 3.05) is 0 Å². The first-order valence-electron chi connectivity index (χ1n) is 6.50. The van der Waals surface area contributed by atoms with Crippen molar-refractivity contribution in [1.82, 2.24) is 5.32 Å². The quantitative estimate of drug-likeness (QED) is 0.876.